The van der Waals surface area contributed by atoms with Gasteiger partial charge in [0.15, 0.2) is 0 Å². The van der Waals surface area contributed by atoms with Gasteiger partial charge in [0.2, 0.25) is 0 Å². The minimum atomic E-state index is -0.645. The maximum atomic E-state index is 13.1. The highest BCUT2D eigenvalue weighted by Crippen LogP contribution is 2.39. The molecule has 0 aliphatic carbocycles. The van der Waals surface area contributed by atoms with Crippen molar-refractivity contribution >= 4 is 17.4 Å². The number of carbonyl (C=O) groups excluding carboxylic acids is 2. The summed E-state index contributed by atoms with van der Waals surface area (Å²) >= 11 is 0. The number of hydrogen-bond donors (Lipinski definition) is 1. The number of ketones is 1. The first-order valence-corrected chi connectivity index (χ1v) is 11.6. The van der Waals surface area contributed by atoms with Gasteiger partial charge in [-0.15, -0.1) is 0 Å². The SMILES string of the molecule is CC(C)c1ccc([C@H]2/C(=C(\O)c3ccncc3)C(=O)C(=O)N2CCCN2CCOCC2)cc1. The monoisotopic (exact) mass is 449 g/mol. The van der Waals surface area contributed by atoms with Crippen LogP contribution < -0.4 is 0 Å². The molecule has 2 aliphatic rings. The highest BCUT2D eigenvalue weighted by Gasteiger charge is 2.45. The third-order valence-electron chi connectivity index (χ3n) is 6.39. The predicted molar refractivity (Wildman–Crippen MR) is 126 cm³/mol. The summed E-state index contributed by atoms with van der Waals surface area (Å²) < 4.78 is 5.41. The molecule has 0 radical (unpaired) electrons. The molecule has 1 atom stereocenters. The number of aliphatic hydroxyl groups is 1. The molecule has 2 aliphatic heterocycles. The zero-order chi connectivity index (χ0) is 23.4. The molecule has 0 spiro atoms. The first-order valence-electron chi connectivity index (χ1n) is 11.6. The van der Waals surface area contributed by atoms with Gasteiger partial charge in [-0.1, -0.05) is 38.1 Å². The van der Waals surface area contributed by atoms with Crippen molar-refractivity contribution in [1.82, 2.24) is 14.8 Å². The van der Waals surface area contributed by atoms with E-state index in [9.17, 15) is 14.7 Å². The molecule has 7 heteroatoms. The highest BCUT2D eigenvalue weighted by atomic mass is 16.5. The third kappa shape index (κ3) is 4.99. The molecule has 2 fully saturated rings. The van der Waals surface area contributed by atoms with Crippen LogP contribution in [0.5, 0.6) is 0 Å². The molecule has 7 nitrogen and oxygen atoms in total. The maximum absolute atomic E-state index is 13.1. The number of likely N-dealkylation sites (tertiary alicyclic amines) is 1. The lowest BCUT2D eigenvalue weighted by molar-refractivity contribution is -0.140. The number of benzene rings is 1. The average Bonchev–Trinajstić information content (AvgIpc) is 3.10. The fourth-order valence-electron chi connectivity index (χ4n) is 4.48. The van der Waals surface area contributed by atoms with Crippen molar-refractivity contribution in [3.05, 3.63) is 71.1 Å². The van der Waals surface area contributed by atoms with Crippen molar-refractivity contribution < 1.29 is 19.4 Å². The second-order valence-corrected chi connectivity index (χ2v) is 8.86. The summed E-state index contributed by atoms with van der Waals surface area (Å²) in [5.41, 5.74) is 2.60. The van der Waals surface area contributed by atoms with E-state index < -0.39 is 17.7 Å². The minimum Gasteiger partial charge on any atom is -0.507 e. The molecule has 2 saturated heterocycles. The van der Waals surface area contributed by atoms with E-state index >= 15 is 0 Å². The lowest BCUT2D eigenvalue weighted by Gasteiger charge is -2.29. The normalized spacial score (nSPS) is 21.2. The van der Waals surface area contributed by atoms with Crippen molar-refractivity contribution in [2.24, 2.45) is 0 Å². The van der Waals surface area contributed by atoms with Gasteiger partial charge in [0.25, 0.3) is 11.7 Å². The van der Waals surface area contributed by atoms with Crippen LogP contribution in [0.15, 0.2) is 54.4 Å². The molecular weight excluding hydrogens is 418 g/mol. The van der Waals surface area contributed by atoms with Crippen molar-refractivity contribution in [3.63, 3.8) is 0 Å². The van der Waals surface area contributed by atoms with Crippen molar-refractivity contribution in [3.8, 4) is 0 Å². The number of pyridine rings is 1. The van der Waals surface area contributed by atoms with Gasteiger partial charge in [0.05, 0.1) is 24.8 Å². The Morgan fingerprint density at radius 2 is 1.73 bits per heavy atom. The molecule has 1 aromatic carbocycles. The van der Waals surface area contributed by atoms with Crippen LogP contribution >= 0.6 is 0 Å². The lowest BCUT2D eigenvalue weighted by Crippen LogP contribution is -2.38. The summed E-state index contributed by atoms with van der Waals surface area (Å²) in [5.74, 6) is -1.00. The number of morpholine rings is 1. The second kappa shape index (κ2) is 10.3. The van der Waals surface area contributed by atoms with E-state index in [1.165, 1.54) is 5.56 Å². The van der Waals surface area contributed by atoms with Crippen molar-refractivity contribution in [2.75, 3.05) is 39.4 Å². The fraction of sp³-hybridized carbons (Fsp3) is 0.423. The van der Waals surface area contributed by atoms with Gasteiger partial charge in [-0.2, -0.15) is 0 Å². The number of Topliss-reactive ketones (excluding diaryl/α,β-unsaturated/α-hetero) is 1. The summed E-state index contributed by atoms with van der Waals surface area (Å²) in [5, 5.41) is 11.1. The Labute approximate surface area is 194 Å². The van der Waals surface area contributed by atoms with Gasteiger partial charge >= 0.3 is 0 Å². The molecule has 0 unspecified atom stereocenters. The average molecular weight is 450 g/mol. The molecule has 0 saturated carbocycles. The summed E-state index contributed by atoms with van der Waals surface area (Å²) in [7, 11) is 0. The van der Waals surface area contributed by atoms with E-state index in [1.54, 1.807) is 29.4 Å². The van der Waals surface area contributed by atoms with E-state index in [1.807, 2.05) is 24.3 Å². The Morgan fingerprint density at radius 1 is 1.06 bits per heavy atom. The van der Waals surface area contributed by atoms with Crippen LogP contribution in [0.25, 0.3) is 5.76 Å². The highest BCUT2D eigenvalue weighted by molar-refractivity contribution is 6.46. The summed E-state index contributed by atoms with van der Waals surface area (Å²) in [6, 6.07) is 10.6. The van der Waals surface area contributed by atoms with Gasteiger partial charge in [-0.25, -0.2) is 0 Å². The summed E-state index contributed by atoms with van der Waals surface area (Å²) in [6.45, 7) is 8.70. The molecule has 0 bridgehead atoms. The molecule has 2 aromatic rings. The zero-order valence-corrected chi connectivity index (χ0v) is 19.2. The van der Waals surface area contributed by atoms with Crippen LogP contribution in [0.4, 0.5) is 0 Å². The maximum Gasteiger partial charge on any atom is 0.295 e. The lowest BCUT2D eigenvalue weighted by atomic mass is 9.93. The molecular formula is C26H31N3O4. The molecule has 174 valence electrons. The number of carbonyl (C=O) groups is 2. The van der Waals surface area contributed by atoms with Gasteiger partial charge in [-0.05, 0) is 35.6 Å². The quantitative estimate of drug-likeness (QED) is 0.397. The van der Waals surface area contributed by atoms with Gasteiger partial charge in [-0.3, -0.25) is 19.5 Å². The molecule has 33 heavy (non-hydrogen) atoms. The standard InChI is InChI=1S/C26H31N3O4/c1-18(2)19-4-6-20(7-5-19)23-22(24(30)21-8-10-27-11-9-21)25(31)26(32)29(23)13-3-12-28-14-16-33-17-15-28/h4-11,18,23,30H,3,12-17H2,1-2H3/b24-22+/t23-/m0/s1. The fourth-order valence-corrected chi connectivity index (χ4v) is 4.48. The van der Waals surface area contributed by atoms with E-state index in [0.717, 1.165) is 44.8 Å². The Bertz CT molecular complexity index is 1010. The number of aromatic nitrogens is 1. The molecule has 3 heterocycles. The summed E-state index contributed by atoms with van der Waals surface area (Å²) in [6.07, 6.45) is 3.85. The number of aliphatic hydroxyl groups excluding tert-OH is 1. The third-order valence-corrected chi connectivity index (χ3v) is 6.39. The van der Waals surface area contributed by atoms with E-state index in [2.05, 4.69) is 23.7 Å². The Balaban J connectivity index is 1.66. The Morgan fingerprint density at radius 3 is 2.36 bits per heavy atom. The van der Waals surface area contributed by atoms with Crippen LogP contribution in [0.3, 0.4) is 0 Å². The van der Waals surface area contributed by atoms with Gasteiger partial charge in [0.1, 0.15) is 5.76 Å². The first kappa shape index (κ1) is 23.1. The van der Waals surface area contributed by atoms with Gasteiger partial charge < -0.3 is 14.7 Å². The second-order valence-electron chi connectivity index (χ2n) is 8.86. The van der Waals surface area contributed by atoms with Crippen molar-refractivity contribution in [1.29, 1.82) is 0 Å². The Kier molecular flexibility index (Phi) is 7.20. The molecule has 1 amide bonds. The minimum absolute atomic E-state index is 0.134. The molecule has 1 aromatic heterocycles. The Hall–Kier alpha value is -3.03. The largest absolute Gasteiger partial charge is 0.507 e. The number of nitrogens with zero attached hydrogens (tertiary/aromatic N) is 3. The van der Waals surface area contributed by atoms with Crippen LogP contribution in [0.1, 0.15) is 48.9 Å². The van der Waals surface area contributed by atoms with Crippen LogP contribution in [0.2, 0.25) is 0 Å². The van der Waals surface area contributed by atoms with Crippen LogP contribution in [0, 0.1) is 0 Å². The van der Waals surface area contributed by atoms with E-state index in [-0.39, 0.29) is 11.3 Å². The number of hydrogen-bond acceptors (Lipinski definition) is 6. The number of rotatable bonds is 7. The topological polar surface area (TPSA) is 83.0 Å². The summed E-state index contributed by atoms with van der Waals surface area (Å²) in [4.78, 5) is 34.1. The first-order chi connectivity index (χ1) is 16.0. The van der Waals surface area contributed by atoms with Gasteiger partial charge in [0, 0.05) is 44.1 Å². The van der Waals surface area contributed by atoms with Crippen LogP contribution in [-0.2, 0) is 14.3 Å². The smallest absolute Gasteiger partial charge is 0.295 e. The molecule has 4 rings (SSSR count). The van der Waals surface area contributed by atoms with E-state index in [0.29, 0.717) is 18.0 Å². The van der Waals surface area contributed by atoms with Crippen LogP contribution in [-0.4, -0.2) is 71.0 Å². The number of amides is 1. The zero-order valence-electron chi connectivity index (χ0n) is 19.2. The predicted octanol–water partition coefficient (Wildman–Crippen LogP) is 3.35. The van der Waals surface area contributed by atoms with Crippen molar-refractivity contribution in [2.45, 2.75) is 32.2 Å². The number of ether oxygens (including phenoxy) is 1. The molecule has 1 N–H and O–H groups in total. The van der Waals surface area contributed by atoms with E-state index in [4.69, 9.17) is 4.74 Å².